The van der Waals surface area contributed by atoms with E-state index in [2.05, 4.69) is 26.8 Å². The van der Waals surface area contributed by atoms with Gasteiger partial charge in [-0.15, -0.1) is 0 Å². The van der Waals surface area contributed by atoms with Crippen LogP contribution in [0, 0.1) is 11.3 Å². The molecule has 0 spiro atoms. The third-order valence-corrected chi connectivity index (χ3v) is 2.64. The van der Waals surface area contributed by atoms with Crippen LogP contribution in [0.4, 0.5) is 0 Å². The van der Waals surface area contributed by atoms with Crippen molar-refractivity contribution in [2.75, 3.05) is 6.79 Å². The van der Waals surface area contributed by atoms with Gasteiger partial charge in [-0.3, -0.25) is 0 Å². The van der Waals surface area contributed by atoms with Gasteiger partial charge < -0.3 is 9.47 Å². The zero-order chi connectivity index (χ0) is 9.47. The van der Waals surface area contributed by atoms with E-state index < -0.39 is 0 Å². The van der Waals surface area contributed by atoms with E-state index in [0.29, 0.717) is 12.7 Å². The zero-order valence-electron chi connectivity index (χ0n) is 8.46. The summed E-state index contributed by atoms with van der Waals surface area (Å²) in [4.78, 5) is 0. The molecule has 1 unspecified atom stereocenters. The van der Waals surface area contributed by atoms with E-state index in [4.69, 9.17) is 9.47 Å². The van der Waals surface area contributed by atoms with Crippen molar-refractivity contribution < 1.29 is 9.47 Å². The van der Waals surface area contributed by atoms with Crippen molar-refractivity contribution in [1.82, 2.24) is 0 Å². The zero-order valence-corrected chi connectivity index (χ0v) is 8.46. The van der Waals surface area contributed by atoms with Gasteiger partial charge in [-0.25, -0.2) is 0 Å². The standard InChI is InChI=1S/C11H16O2/c1-8-6-11(2,3)5-4-9-10(8)13-7-12-9/h4-5,8H,6-7H2,1-3H3. The molecule has 2 rings (SSSR count). The summed E-state index contributed by atoms with van der Waals surface area (Å²) in [6.07, 6.45) is 5.37. The van der Waals surface area contributed by atoms with Crippen molar-refractivity contribution in [1.29, 1.82) is 0 Å². The topological polar surface area (TPSA) is 18.5 Å². The minimum Gasteiger partial charge on any atom is -0.458 e. The van der Waals surface area contributed by atoms with Crippen LogP contribution in [-0.2, 0) is 9.47 Å². The molecule has 1 aliphatic heterocycles. The first-order chi connectivity index (χ1) is 6.08. The van der Waals surface area contributed by atoms with Crippen molar-refractivity contribution in [2.24, 2.45) is 11.3 Å². The highest BCUT2D eigenvalue weighted by Crippen LogP contribution is 2.38. The Labute approximate surface area is 79.2 Å². The minimum atomic E-state index is 0.247. The molecular weight excluding hydrogens is 164 g/mol. The highest BCUT2D eigenvalue weighted by Gasteiger charge is 2.29. The third kappa shape index (κ3) is 1.58. The molecule has 13 heavy (non-hydrogen) atoms. The van der Waals surface area contributed by atoms with Crippen LogP contribution in [0.3, 0.4) is 0 Å². The Kier molecular flexibility index (Phi) is 1.86. The molecule has 0 N–H and O–H groups in total. The SMILES string of the molecule is CC1CC(C)(C)C=CC2=C1OCO2. The Morgan fingerprint density at radius 2 is 2.15 bits per heavy atom. The van der Waals surface area contributed by atoms with E-state index in [9.17, 15) is 0 Å². The van der Waals surface area contributed by atoms with Crippen LogP contribution in [0.25, 0.3) is 0 Å². The van der Waals surface area contributed by atoms with Gasteiger partial charge in [0.15, 0.2) is 5.76 Å². The highest BCUT2D eigenvalue weighted by atomic mass is 16.7. The van der Waals surface area contributed by atoms with Crippen molar-refractivity contribution in [3.63, 3.8) is 0 Å². The smallest absolute Gasteiger partial charge is 0.230 e. The van der Waals surface area contributed by atoms with Gasteiger partial charge in [0.2, 0.25) is 6.79 Å². The summed E-state index contributed by atoms with van der Waals surface area (Å²) < 4.78 is 10.8. The van der Waals surface area contributed by atoms with Crippen LogP contribution in [0.1, 0.15) is 27.2 Å². The van der Waals surface area contributed by atoms with Gasteiger partial charge in [0.25, 0.3) is 0 Å². The number of rotatable bonds is 0. The second-order valence-corrected chi connectivity index (χ2v) is 4.56. The number of hydrogen-bond acceptors (Lipinski definition) is 2. The molecule has 0 saturated heterocycles. The largest absolute Gasteiger partial charge is 0.458 e. The number of hydrogen-bond donors (Lipinski definition) is 0. The third-order valence-electron chi connectivity index (χ3n) is 2.64. The minimum absolute atomic E-state index is 0.247. The van der Waals surface area contributed by atoms with E-state index in [0.717, 1.165) is 17.9 Å². The normalized spacial score (nSPS) is 30.5. The maximum absolute atomic E-state index is 5.45. The Bertz CT molecular complexity index is 274. The summed E-state index contributed by atoms with van der Waals surface area (Å²) in [6.45, 7) is 7.06. The van der Waals surface area contributed by atoms with E-state index in [1.54, 1.807) is 0 Å². The van der Waals surface area contributed by atoms with Gasteiger partial charge in [-0.1, -0.05) is 26.8 Å². The molecule has 72 valence electrons. The van der Waals surface area contributed by atoms with Crippen molar-refractivity contribution in [3.8, 4) is 0 Å². The van der Waals surface area contributed by atoms with Gasteiger partial charge in [0, 0.05) is 5.92 Å². The first-order valence-electron chi connectivity index (χ1n) is 4.77. The Balaban J connectivity index is 2.30. The molecule has 2 aliphatic rings. The molecule has 0 fully saturated rings. The number of allylic oxidation sites excluding steroid dienone is 3. The van der Waals surface area contributed by atoms with Gasteiger partial charge in [-0.2, -0.15) is 0 Å². The summed E-state index contributed by atoms with van der Waals surface area (Å²) in [5.41, 5.74) is 0.247. The molecule has 0 radical (unpaired) electrons. The van der Waals surface area contributed by atoms with Crippen molar-refractivity contribution in [2.45, 2.75) is 27.2 Å². The Morgan fingerprint density at radius 1 is 1.38 bits per heavy atom. The molecule has 0 saturated carbocycles. The molecule has 2 nitrogen and oxygen atoms in total. The first-order valence-corrected chi connectivity index (χ1v) is 4.77. The van der Waals surface area contributed by atoms with Gasteiger partial charge >= 0.3 is 0 Å². The summed E-state index contributed by atoms with van der Waals surface area (Å²) in [5.74, 6) is 2.42. The fraction of sp³-hybridized carbons (Fsp3) is 0.636. The van der Waals surface area contributed by atoms with E-state index in [1.807, 2.05) is 6.08 Å². The van der Waals surface area contributed by atoms with E-state index in [-0.39, 0.29) is 5.41 Å². The molecule has 2 heteroatoms. The maximum atomic E-state index is 5.45. The summed E-state index contributed by atoms with van der Waals surface area (Å²) >= 11 is 0. The first kappa shape index (κ1) is 8.67. The Hall–Kier alpha value is -0.920. The fourth-order valence-electron chi connectivity index (χ4n) is 2.07. The number of ether oxygens (including phenoxy) is 2. The van der Waals surface area contributed by atoms with Crippen LogP contribution >= 0.6 is 0 Å². The molecule has 1 heterocycles. The molecular formula is C11H16O2. The van der Waals surface area contributed by atoms with Gasteiger partial charge in [0.05, 0.1) is 0 Å². The fourth-order valence-corrected chi connectivity index (χ4v) is 2.07. The molecule has 0 bridgehead atoms. The second-order valence-electron chi connectivity index (χ2n) is 4.56. The van der Waals surface area contributed by atoms with Gasteiger partial charge in [0.1, 0.15) is 5.76 Å². The molecule has 1 aliphatic carbocycles. The molecule has 0 amide bonds. The van der Waals surface area contributed by atoms with Crippen LogP contribution in [0.2, 0.25) is 0 Å². The average Bonchev–Trinajstić information content (AvgIpc) is 2.43. The summed E-state index contributed by atoms with van der Waals surface area (Å²) in [7, 11) is 0. The predicted octanol–water partition coefficient (Wildman–Crippen LogP) is 2.82. The van der Waals surface area contributed by atoms with Crippen LogP contribution < -0.4 is 0 Å². The quantitative estimate of drug-likeness (QED) is 0.570. The summed E-state index contributed by atoms with van der Waals surface area (Å²) in [5, 5.41) is 0. The van der Waals surface area contributed by atoms with Crippen LogP contribution in [0.5, 0.6) is 0 Å². The lowest BCUT2D eigenvalue weighted by Gasteiger charge is -2.22. The lowest BCUT2D eigenvalue weighted by Crippen LogP contribution is -2.13. The van der Waals surface area contributed by atoms with Gasteiger partial charge in [-0.05, 0) is 17.9 Å². The average molecular weight is 180 g/mol. The van der Waals surface area contributed by atoms with E-state index >= 15 is 0 Å². The lowest BCUT2D eigenvalue weighted by atomic mass is 9.84. The summed E-state index contributed by atoms with van der Waals surface area (Å²) in [6, 6.07) is 0. The Morgan fingerprint density at radius 3 is 2.92 bits per heavy atom. The monoisotopic (exact) mass is 180 g/mol. The van der Waals surface area contributed by atoms with Crippen molar-refractivity contribution >= 4 is 0 Å². The van der Waals surface area contributed by atoms with E-state index in [1.165, 1.54) is 0 Å². The molecule has 0 aromatic rings. The van der Waals surface area contributed by atoms with Crippen LogP contribution in [0.15, 0.2) is 23.7 Å². The second kappa shape index (κ2) is 2.79. The van der Waals surface area contributed by atoms with Crippen LogP contribution in [-0.4, -0.2) is 6.79 Å². The highest BCUT2D eigenvalue weighted by molar-refractivity contribution is 5.24. The predicted molar refractivity (Wildman–Crippen MR) is 50.8 cm³/mol. The molecule has 1 atom stereocenters. The lowest BCUT2D eigenvalue weighted by molar-refractivity contribution is 0.0628. The maximum Gasteiger partial charge on any atom is 0.230 e. The van der Waals surface area contributed by atoms with Crippen molar-refractivity contribution in [3.05, 3.63) is 23.7 Å². The molecule has 0 aromatic heterocycles. The molecule has 0 aromatic carbocycles.